The minimum absolute atomic E-state index is 0.0294. The summed E-state index contributed by atoms with van der Waals surface area (Å²) in [6.07, 6.45) is 1.58. The third-order valence-electron chi connectivity index (χ3n) is 2.21. The predicted octanol–water partition coefficient (Wildman–Crippen LogP) is -0.165. The Morgan fingerprint density at radius 2 is 2.25 bits per heavy atom. The van der Waals surface area contributed by atoms with Crippen LogP contribution in [0.1, 0.15) is 10.5 Å². The van der Waals surface area contributed by atoms with Crippen molar-refractivity contribution in [2.75, 3.05) is 12.4 Å². The number of aromatic nitrogens is 2. The molecule has 2 aromatic rings. The fourth-order valence-electron chi connectivity index (χ4n) is 1.38. The Hall–Kier alpha value is -2.37. The number of nitrogens with zero attached hydrogens (tertiary/aromatic N) is 2. The molecule has 2 aromatic heterocycles. The standard InChI is InChI=1S/C10H10N4O2/c1-12-6-2-3-14-8(4-6)13-7(10(11)16)5-9(14)15/h2-5,12H,1H3,(H2,11,16). The molecule has 82 valence electrons. The Bertz CT molecular complexity index is 618. The number of carbonyl (C=O) groups is 1. The lowest BCUT2D eigenvalue weighted by Crippen LogP contribution is -2.21. The van der Waals surface area contributed by atoms with Gasteiger partial charge in [-0.1, -0.05) is 0 Å². The molecule has 0 aliphatic heterocycles. The van der Waals surface area contributed by atoms with E-state index in [2.05, 4.69) is 10.3 Å². The molecule has 0 saturated carbocycles. The highest BCUT2D eigenvalue weighted by molar-refractivity contribution is 5.91. The second kappa shape index (κ2) is 3.65. The van der Waals surface area contributed by atoms with E-state index < -0.39 is 5.91 Å². The van der Waals surface area contributed by atoms with E-state index in [-0.39, 0.29) is 11.3 Å². The monoisotopic (exact) mass is 218 g/mol. The van der Waals surface area contributed by atoms with Crippen molar-refractivity contribution in [3.63, 3.8) is 0 Å². The maximum absolute atomic E-state index is 11.6. The summed E-state index contributed by atoms with van der Waals surface area (Å²) in [7, 11) is 1.75. The van der Waals surface area contributed by atoms with E-state index in [1.54, 1.807) is 25.4 Å². The van der Waals surface area contributed by atoms with Crippen LogP contribution in [-0.2, 0) is 0 Å². The number of amides is 1. The van der Waals surface area contributed by atoms with Crippen molar-refractivity contribution in [1.82, 2.24) is 9.38 Å². The van der Waals surface area contributed by atoms with Crippen molar-refractivity contribution >= 4 is 17.2 Å². The van der Waals surface area contributed by atoms with E-state index in [1.165, 1.54) is 4.40 Å². The molecule has 6 heteroatoms. The minimum Gasteiger partial charge on any atom is -0.388 e. The van der Waals surface area contributed by atoms with Crippen LogP contribution in [0.25, 0.3) is 5.65 Å². The lowest BCUT2D eigenvalue weighted by molar-refractivity contribution is 0.0995. The molecule has 1 amide bonds. The van der Waals surface area contributed by atoms with Gasteiger partial charge in [0.15, 0.2) is 0 Å². The maximum atomic E-state index is 11.6. The fraction of sp³-hybridized carbons (Fsp3) is 0.100. The number of rotatable bonds is 2. The molecule has 0 radical (unpaired) electrons. The van der Waals surface area contributed by atoms with E-state index in [4.69, 9.17) is 5.73 Å². The van der Waals surface area contributed by atoms with Gasteiger partial charge in [0.1, 0.15) is 11.3 Å². The maximum Gasteiger partial charge on any atom is 0.267 e. The Morgan fingerprint density at radius 3 is 2.88 bits per heavy atom. The molecule has 2 rings (SSSR count). The second-order valence-corrected chi connectivity index (χ2v) is 3.24. The number of carbonyl (C=O) groups excluding carboxylic acids is 1. The number of hydrogen-bond acceptors (Lipinski definition) is 4. The molecule has 0 unspecified atom stereocenters. The summed E-state index contributed by atoms with van der Waals surface area (Å²) in [5.41, 5.74) is 5.90. The van der Waals surface area contributed by atoms with Crippen LogP contribution in [0.2, 0.25) is 0 Å². The van der Waals surface area contributed by atoms with E-state index in [1.807, 2.05) is 0 Å². The molecular formula is C10H10N4O2. The normalized spacial score (nSPS) is 10.3. The molecule has 2 heterocycles. The molecule has 3 N–H and O–H groups in total. The molecule has 16 heavy (non-hydrogen) atoms. The van der Waals surface area contributed by atoms with Gasteiger partial charge in [-0.15, -0.1) is 0 Å². The van der Waals surface area contributed by atoms with Crippen molar-refractivity contribution in [1.29, 1.82) is 0 Å². The molecule has 6 nitrogen and oxygen atoms in total. The Morgan fingerprint density at radius 1 is 1.50 bits per heavy atom. The first-order valence-electron chi connectivity index (χ1n) is 4.63. The zero-order valence-corrected chi connectivity index (χ0v) is 8.60. The van der Waals surface area contributed by atoms with Gasteiger partial charge in [0.05, 0.1) is 0 Å². The van der Waals surface area contributed by atoms with Gasteiger partial charge in [-0.3, -0.25) is 14.0 Å². The molecule has 0 aliphatic rings. The van der Waals surface area contributed by atoms with Gasteiger partial charge >= 0.3 is 0 Å². The highest BCUT2D eigenvalue weighted by Crippen LogP contribution is 2.08. The van der Waals surface area contributed by atoms with Crippen molar-refractivity contribution in [3.8, 4) is 0 Å². The van der Waals surface area contributed by atoms with Crippen molar-refractivity contribution in [3.05, 3.63) is 40.4 Å². The summed E-state index contributed by atoms with van der Waals surface area (Å²) < 4.78 is 1.34. The number of pyridine rings is 1. The predicted molar refractivity (Wildman–Crippen MR) is 59.5 cm³/mol. The second-order valence-electron chi connectivity index (χ2n) is 3.24. The largest absolute Gasteiger partial charge is 0.388 e. The first-order chi connectivity index (χ1) is 7.61. The average molecular weight is 218 g/mol. The lowest BCUT2D eigenvalue weighted by Gasteiger charge is -2.04. The molecule has 0 aliphatic carbocycles. The van der Waals surface area contributed by atoms with Crippen LogP contribution in [-0.4, -0.2) is 22.3 Å². The first-order valence-corrected chi connectivity index (χ1v) is 4.63. The van der Waals surface area contributed by atoms with E-state index >= 15 is 0 Å². The summed E-state index contributed by atoms with van der Waals surface area (Å²) in [5.74, 6) is -0.713. The van der Waals surface area contributed by atoms with Crippen LogP contribution in [0.15, 0.2) is 29.2 Å². The fourth-order valence-corrected chi connectivity index (χ4v) is 1.38. The van der Waals surface area contributed by atoms with Gasteiger partial charge in [0.25, 0.3) is 11.5 Å². The number of anilines is 1. The van der Waals surface area contributed by atoms with Crippen molar-refractivity contribution < 1.29 is 4.79 Å². The molecule has 0 aromatic carbocycles. The third kappa shape index (κ3) is 1.60. The smallest absolute Gasteiger partial charge is 0.267 e. The summed E-state index contributed by atoms with van der Waals surface area (Å²) >= 11 is 0. The number of hydrogen-bond donors (Lipinski definition) is 2. The van der Waals surface area contributed by atoms with Gasteiger partial charge in [-0.2, -0.15) is 0 Å². The zero-order valence-electron chi connectivity index (χ0n) is 8.60. The molecule has 0 bridgehead atoms. The average Bonchev–Trinajstić information content (AvgIpc) is 2.28. The molecule has 0 spiro atoms. The molecule has 0 saturated heterocycles. The SMILES string of the molecule is CNc1ccn2c(=O)cc(C(N)=O)nc2c1. The molecule has 0 fully saturated rings. The highest BCUT2D eigenvalue weighted by atomic mass is 16.1. The van der Waals surface area contributed by atoms with Gasteiger partial charge in [0, 0.05) is 31.1 Å². The Kier molecular flexibility index (Phi) is 2.32. The molecule has 0 atom stereocenters. The topological polar surface area (TPSA) is 89.5 Å². The highest BCUT2D eigenvalue weighted by Gasteiger charge is 2.06. The van der Waals surface area contributed by atoms with Crippen LogP contribution in [0.3, 0.4) is 0 Å². The Labute approximate surface area is 90.7 Å². The number of primary amides is 1. The summed E-state index contributed by atoms with van der Waals surface area (Å²) in [5, 5.41) is 2.92. The van der Waals surface area contributed by atoms with Crippen LogP contribution in [0.5, 0.6) is 0 Å². The van der Waals surface area contributed by atoms with Gasteiger partial charge < -0.3 is 11.1 Å². The summed E-state index contributed by atoms with van der Waals surface area (Å²) in [4.78, 5) is 26.5. The number of fused-ring (bicyclic) bond motifs is 1. The van der Waals surface area contributed by atoms with Crippen LogP contribution in [0.4, 0.5) is 5.69 Å². The van der Waals surface area contributed by atoms with Gasteiger partial charge in [-0.05, 0) is 6.07 Å². The molecular weight excluding hydrogens is 208 g/mol. The summed E-state index contributed by atoms with van der Waals surface area (Å²) in [6.45, 7) is 0. The summed E-state index contributed by atoms with van der Waals surface area (Å²) in [6, 6.07) is 4.52. The number of nitrogens with one attached hydrogen (secondary N) is 1. The third-order valence-corrected chi connectivity index (χ3v) is 2.21. The quantitative estimate of drug-likeness (QED) is 0.732. The first kappa shape index (κ1) is 10.2. The van der Waals surface area contributed by atoms with Crippen molar-refractivity contribution in [2.24, 2.45) is 5.73 Å². The van der Waals surface area contributed by atoms with Crippen LogP contribution < -0.4 is 16.6 Å². The Balaban J connectivity index is 2.78. The van der Waals surface area contributed by atoms with E-state index in [0.29, 0.717) is 5.65 Å². The minimum atomic E-state index is -0.713. The van der Waals surface area contributed by atoms with Crippen molar-refractivity contribution in [2.45, 2.75) is 0 Å². The number of nitrogens with two attached hydrogens (primary N) is 1. The van der Waals surface area contributed by atoms with Gasteiger partial charge in [-0.25, -0.2) is 4.98 Å². The van der Waals surface area contributed by atoms with E-state index in [9.17, 15) is 9.59 Å². The van der Waals surface area contributed by atoms with Gasteiger partial charge in [0.2, 0.25) is 0 Å². The zero-order chi connectivity index (χ0) is 11.7. The lowest BCUT2D eigenvalue weighted by atomic mass is 10.3. The van der Waals surface area contributed by atoms with Crippen LogP contribution in [0, 0.1) is 0 Å². The van der Waals surface area contributed by atoms with E-state index in [0.717, 1.165) is 11.8 Å². The van der Waals surface area contributed by atoms with Crippen LogP contribution >= 0.6 is 0 Å².